The summed E-state index contributed by atoms with van der Waals surface area (Å²) in [6.45, 7) is 1.93. The number of aryl methyl sites for hydroxylation is 1. The third kappa shape index (κ3) is 2.74. The van der Waals surface area contributed by atoms with Crippen molar-refractivity contribution in [2.45, 2.75) is 13.3 Å². The summed E-state index contributed by atoms with van der Waals surface area (Å²) >= 11 is 5.86. The van der Waals surface area contributed by atoms with Crippen molar-refractivity contribution in [2.75, 3.05) is 5.73 Å². The molecule has 0 aliphatic heterocycles. The number of aromatic nitrogens is 1. The van der Waals surface area contributed by atoms with Crippen molar-refractivity contribution in [1.82, 2.24) is 4.98 Å². The molecule has 0 saturated heterocycles. The highest BCUT2D eigenvalue weighted by Gasteiger charge is 2.06. The molecule has 4 heteroatoms. The van der Waals surface area contributed by atoms with Gasteiger partial charge < -0.3 is 5.73 Å². The van der Waals surface area contributed by atoms with Crippen LogP contribution < -0.4 is 5.73 Å². The van der Waals surface area contributed by atoms with Crippen LogP contribution in [0.25, 0.3) is 0 Å². The van der Waals surface area contributed by atoms with Crippen molar-refractivity contribution in [3.05, 3.63) is 58.0 Å². The predicted octanol–water partition coefficient (Wildman–Crippen LogP) is 3.36. The summed E-state index contributed by atoms with van der Waals surface area (Å²) in [5, 5.41) is 0.531. The summed E-state index contributed by atoms with van der Waals surface area (Å²) in [5.74, 6) is 0.178. The minimum Gasteiger partial charge on any atom is -0.383 e. The average molecular weight is 251 g/mol. The standard InChI is InChI=1S/C13H12ClFN2/c1-8-2-3-12(15)6-9(8)4-10-5-11(14)7-17-13(10)16/h2-3,5-7H,4H2,1H3,(H2,16,17). The third-order valence-electron chi connectivity index (χ3n) is 2.66. The van der Waals surface area contributed by atoms with Gasteiger partial charge in [-0.2, -0.15) is 0 Å². The van der Waals surface area contributed by atoms with E-state index in [1.807, 2.05) is 6.92 Å². The Morgan fingerprint density at radius 1 is 1.29 bits per heavy atom. The lowest BCUT2D eigenvalue weighted by molar-refractivity contribution is 0.625. The Morgan fingerprint density at radius 3 is 2.82 bits per heavy atom. The Kier molecular flexibility index (Phi) is 3.29. The van der Waals surface area contributed by atoms with Crippen LogP contribution in [0, 0.1) is 12.7 Å². The number of nitrogens with zero attached hydrogens (tertiary/aromatic N) is 1. The van der Waals surface area contributed by atoms with Crippen LogP contribution in [0.15, 0.2) is 30.5 Å². The topological polar surface area (TPSA) is 38.9 Å². The molecular weight excluding hydrogens is 239 g/mol. The number of pyridine rings is 1. The van der Waals surface area contributed by atoms with Crippen LogP contribution in [-0.4, -0.2) is 4.98 Å². The summed E-state index contributed by atoms with van der Waals surface area (Å²) in [4.78, 5) is 3.98. The highest BCUT2D eigenvalue weighted by molar-refractivity contribution is 6.30. The van der Waals surface area contributed by atoms with Crippen LogP contribution in [0.5, 0.6) is 0 Å². The minimum atomic E-state index is -0.251. The van der Waals surface area contributed by atoms with Gasteiger partial charge in [-0.3, -0.25) is 0 Å². The summed E-state index contributed by atoms with van der Waals surface area (Å²) in [6.07, 6.45) is 2.03. The molecule has 1 heterocycles. The van der Waals surface area contributed by atoms with Crippen LogP contribution in [0.4, 0.5) is 10.2 Å². The second kappa shape index (κ2) is 4.72. The van der Waals surface area contributed by atoms with E-state index in [1.165, 1.54) is 18.3 Å². The van der Waals surface area contributed by atoms with E-state index in [0.717, 1.165) is 16.7 Å². The first-order chi connectivity index (χ1) is 8.06. The summed E-state index contributed by atoms with van der Waals surface area (Å²) in [7, 11) is 0. The van der Waals surface area contributed by atoms with E-state index in [1.54, 1.807) is 12.1 Å². The zero-order chi connectivity index (χ0) is 12.4. The normalized spacial score (nSPS) is 10.5. The van der Waals surface area contributed by atoms with E-state index in [4.69, 9.17) is 17.3 Å². The maximum atomic E-state index is 13.2. The fraction of sp³-hybridized carbons (Fsp3) is 0.154. The Hall–Kier alpha value is -1.61. The van der Waals surface area contributed by atoms with Gasteiger partial charge in [0.25, 0.3) is 0 Å². The van der Waals surface area contributed by atoms with E-state index in [2.05, 4.69) is 4.98 Å². The molecule has 2 N–H and O–H groups in total. The SMILES string of the molecule is Cc1ccc(F)cc1Cc1cc(Cl)cnc1N. The van der Waals surface area contributed by atoms with Crippen LogP contribution in [-0.2, 0) is 6.42 Å². The second-order valence-electron chi connectivity index (χ2n) is 3.95. The molecule has 2 nitrogen and oxygen atoms in total. The number of nitrogen functional groups attached to an aromatic ring is 1. The molecule has 0 aliphatic rings. The van der Waals surface area contributed by atoms with E-state index in [9.17, 15) is 4.39 Å². The molecule has 0 radical (unpaired) electrons. The van der Waals surface area contributed by atoms with Gasteiger partial charge in [0.2, 0.25) is 0 Å². The number of rotatable bonds is 2. The minimum absolute atomic E-state index is 0.251. The molecule has 1 aromatic heterocycles. The molecule has 1 aromatic carbocycles. The molecule has 2 aromatic rings. The summed E-state index contributed by atoms with van der Waals surface area (Å²) in [6, 6.07) is 6.46. The molecule has 2 rings (SSSR count). The Labute approximate surface area is 104 Å². The summed E-state index contributed by atoms with van der Waals surface area (Å²) in [5.41, 5.74) is 8.48. The van der Waals surface area contributed by atoms with Gasteiger partial charge in [0.15, 0.2) is 0 Å². The van der Waals surface area contributed by atoms with Crippen LogP contribution in [0.3, 0.4) is 0 Å². The van der Waals surface area contributed by atoms with E-state index in [0.29, 0.717) is 17.3 Å². The van der Waals surface area contributed by atoms with Gasteiger partial charge in [0.05, 0.1) is 5.02 Å². The van der Waals surface area contributed by atoms with Crippen molar-refractivity contribution in [1.29, 1.82) is 0 Å². The van der Waals surface area contributed by atoms with Gasteiger partial charge in [0.1, 0.15) is 11.6 Å². The van der Waals surface area contributed by atoms with Crippen LogP contribution in [0.2, 0.25) is 5.02 Å². The molecule has 0 spiro atoms. The van der Waals surface area contributed by atoms with Crippen LogP contribution in [0.1, 0.15) is 16.7 Å². The first-order valence-corrected chi connectivity index (χ1v) is 5.59. The Balaban J connectivity index is 2.37. The molecule has 0 aliphatic carbocycles. The van der Waals surface area contributed by atoms with Crippen molar-refractivity contribution in [3.63, 3.8) is 0 Å². The van der Waals surface area contributed by atoms with E-state index < -0.39 is 0 Å². The number of benzene rings is 1. The largest absolute Gasteiger partial charge is 0.383 e. The van der Waals surface area contributed by atoms with E-state index >= 15 is 0 Å². The predicted molar refractivity (Wildman–Crippen MR) is 67.6 cm³/mol. The summed E-state index contributed by atoms with van der Waals surface area (Å²) < 4.78 is 13.2. The third-order valence-corrected chi connectivity index (χ3v) is 2.87. The maximum absolute atomic E-state index is 13.2. The van der Waals surface area contributed by atoms with Crippen molar-refractivity contribution in [2.24, 2.45) is 0 Å². The lowest BCUT2D eigenvalue weighted by Crippen LogP contribution is -2.00. The highest BCUT2D eigenvalue weighted by Crippen LogP contribution is 2.21. The molecule has 0 fully saturated rings. The second-order valence-corrected chi connectivity index (χ2v) is 4.38. The lowest BCUT2D eigenvalue weighted by atomic mass is 10.0. The molecule has 17 heavy (non-hydrogen) atoms. The number of halogens is 2. The quantitative estimate of drug-likeness (QED) is 0.888. The zero-order valence-electron chi connectivity index (χ0n) is 9.37. The lowest BCUT2D eigenvalue weighted by Gasteiger charge is -2.08. The fourth-order valence-corrected chi connectivity index (χ4v) is 1.85. The van der Waals surface area contributed by atoms with Crippen molar-refractivity contribution < 1.29 is 4.39 Å². The fourth-order valence-electron chi connectivity index (χ4n) is 1.67. The van der Waals surface area contributed by atoms with Gasteiger partial charge in [0, 0.05) is 18.2 Å². The Morgan fingerprint density at radius 2 is 2.06 bits per heavy atom. The number of hydrogen-bond donors (Lipinski definition) is 1. The number of anilines is 1. The molecule has 0 bridgehead atoms. The molecule has 0 atom stereocenters. The molecule has 0 unspecified atom stereocenters. The van der Waals surface area contributed by atoms with Gasteiger partial charge in [-0.1, -0.05) is 17.7 Å². The highest BCUT2D eigenvalue weighted by atomic mass is 35.5. The van der Waals surface area contributed by atoms with Crippen LogP contribution >= 0.6 is 11.6 Å². The zero-order valence-corrected chi connectivity index (χ0v) is 10.1. The molecule has 0 saturated carbocycles. The average Bonchev–Trinajstić information content (AvgIpc) is 2.28. The van der Waals surface area contributed by atoms with Gasteiger partial charge in [-0.05, 0) is 36.2 Å². The van der Waals surface area contributed by atoms with E-state index in [-0.39, 0.29) is 5.82 Å². The maximum Gasteiger partial charge on any atom is 0.126 e. The monoisotopic (exact) mass is 250 g/mol. The molecule has 88 valence electrons. The van der Waals surface area contributed by atoms with Gasteiger partial charge in [-0.25, -0.2) is 9.37 Å². The first-order valence-electron chi connectivity index (χ1n) is 5.21. The first kappa shape index (κ1) is 11.9. The molecule has 0 amide bonds. The number of hydrogen-bond acceptors (Lipinski definition) is 2. The van der Waals surface area contributed by atoms with Gasteiger partial charge in [-0.15, -0.1) is 0 Å². The smallest absolute Gasteiger partial charge is 0.126 e. The Bertz CT molecular complexity index is 506. The van der Waals surface area contributed by atoms with Gasteiger partial charge >= 0.3 is 0 Å². The molecular formula is C13H12ClFN2. The van der Waals surface area contributed by atoms with Crippen molar-refractivity contribution in [3.8, 4) is 0 Å². The number of nitrogens with two attached hydrogens (primary N) is 1. The van der Waals surface area contributed by atoms with Crippen molar-refractivity contribution >= 4 is 17.4 Å².